The van der Waals surface area contributed by atoms with E-state index >= 15 is 0 Å². The van der Waals surface area contributed by atoms with Crippen molar-refractivity contribution in [1.82, 2.24) is 0 Å². The Labute approximate surface area is 117 Å². The van der Waals surface area contributed by atoms with Crippen LogP contribution in [0.4, 0.5) is 5.69 Å². The maximum Gasteiger partial charge on any atom is 0.263 e. The molecule has 0 bridgehead atoms. The summed E-state index contributed by atoms with van der Waals surface area (Å²) < 4.78 is 27.3. The van der Waals surface area contributed by atoms with Crippen LogP contribution >= 0.6 is 11.3 Å². The lowest BCUT2D eigenvalue weighted by Crippen LogP contribution is -2.15. The van der Waals surface area contributed by atoms with Crippen LogP contribution in [0.1, 0.15) is 16.0 Å². The van der Waals surface area contributed by atoms with Crippen molar-refractivity contribution in [1.29, 1.82) is 0 Å². The molecular weight excluding hydrogens is 280 g/mol. The zero-order valence-corrected chi connectivity index (χ0v) is 12.4. The van der Waals surface area contributed by atoms with Gasteiger partial charge in [-0.3, -0.25) is 4.72 Å². The molecule has 0 saturated heterocycles. The van der Waals surface area contributed by atoms with Crippen LogP contribution in [-0.4, -0.2) is 8.42 Å². The molecule has 3 N–H and O–H groups in total. The molecule has 0 aliphatic carbocycles. The number of nitrogens with two attached hydrogens (primary N) is 1. The lowest BCUT2D eigenvalue weighted by atomic mass is 10.1. The molecule has 0 spiro atoms. The molecule has 2 aromatic rings. The van der Waals surface area contributed by atoms with Crippen LogP contribution in [0.5, 0.6) is 0 Å². The minimum absolute atomic E-state index is 0.223. The molecule has 0 saturated carbocycles. The highest BCUT2D eigenvalue weighted by molar-refractivity contribution is 7.93. The third kappa shape index (κ3) is 2.97. The van der Waals surface area contributed by atoms with Crippen molar-refractivity contribution in [2.75, 3.05) is 4.72 Å². The zero-order chi connectivity index (χ0) is 14.0. The summed E-state index contributed by atoms with van der Waals surface area (Å²) >= 11 is 1.35. The van der Waals surface area contributed by atoms with Gasteiger partial charge in [0.25, 0.3) is 10.0 Å². The molecular formula is C13H16N2O2S2. The van der Waals surface area contributed by atoms with Crippen molar-refractivity contribution in [3.63, 3.8) is 0 Å². The number of benzene rings is 1. The molecule has 1 aromatic heterocycles. The molecule has 0 atom stereocenters. The molecule has 0 aliphatic heterocycles. The average molecular weight is 296 g/mol. The van der Waals surface area contributed by atoms with Crippen molar-refractivity contribution in [3.8, 4) is 0 Å². The monoisotopic (exact) mass is 296 g/mol. The number of nitrogens with one attached hydrogen (secondary N) is 1. The number of rotatable bonds is 4. The second-order valence-corrected chi connectivity index (χ2v) is 6.99. The van der Waals surface area contributed by atoms with Crippen LogP contribution in [0.3, 0.4) is 0 Å². The van der Waals surface area contributed by atoms with Gasteiger partial charge in [-0.1, -0.05) is 17.7 Å². The Morgan fingerprint density at radius 2 is 2.00 bits per heavy atom. The van der Waals surface area contributed by atoms with Gasteiger partial charge < -0.3 is 5.73 Å². The number of hydrogen-bond donors (Lipinski definition) is 2. The van der Waals surface area contributed by atoms with Crippen molar-refractivity contribution < 1.29 is 8.42 Å². The van der Waals surface area contributed by atoms with Gasteiger partial charge in [-0.2, -0.15) is 0 Å². The highest BCUT2D eigenvalue weighted by Crippen LogP contribution is 2.25. The molecule has 19 heavy (non-hydrogen) atoms. The van der Waals surface area contributed by atoms with E-state index in [0.29, 0.717) is 10.6 Å². The lowest BCUT2D eigenvalue weighted by Gasteiger charge is -2.11. The standard InChI is InChI=1S/C13H16N2O2S2/c1-9-3-4-11(10(2)7-9)15-19(16,17)13-5-6-18-12(13)8-14/h3-7,15H,8,14H2,1-2H3. The number of thiophene rings is 1. The average Bonchev–Trinajstić information content (AvgIpc) is 2.82. The van der Waals surface area contributed by atoms with E-state index in [0.717, 1.165) is 11.1 Å². The van der Waals surface area contributed by atoms with Crippen LogP contribution in [0.25, 0.3) is 0 Å². The maximum atomic E-state index is 12.3. The van der Waals surface area contributed by atoms with Gasteiger partial charge >= 0.3 is 0 Å². The van der Waals surface area contributed by atoms with Gasteiger partial charge in [0, 0.05) is 11.4 Å². The quantitative estimate of drug-likeness (QED) is 0.911. The van der Waals surface area contributed by atoms with Crippen molar-refractivity contribution in [3.05, 3.63) is 45.6 Å². The van der Waals surface area contributed by atoms with E-state index in [1.807, 2.05) is 26.0 Å². The predicted octanol–water partition coefficient (Wildman–Crippen LogP) is 2.62. The number of aryl methyl sites for hydroxylation is 2. The molecule has 0 unspecified atom stereocenters. The minimum Gasteiger partial charge on any atom is -0.326 e. The normalized spacial score (nSPS) is 11.5. The van der Waals surface area contributed by atoms with E-state index in [4.69, 9.17) is 5.73 Å². The summed E-state index contributed by atoms with van der Waals surface area (Å²) in [5.74, 6) is 0. The van der Waals surface area contributed by atoms with Crippen LogP contribution in [0.2, 0.25) is 0 Å². The van der Waals surface area contributed by atoms with E-state index in [-0.39, 0.29) is 11.4 Å². The van der Waals surface area contributed by atoms with Crippen LogP contribution in [0, 0.1) is 13.8 Å². The minimum atomic E-state index is -3.57. The second-order valence-electron chi connectivity index (χ2n) is 4.34. The van der Waals surface area contributed by atoms with E-state index in [2.05, 4.69) is 4.72 Å². The van der Waals surface area contributed by atoms with Gasteiger partial charge in [-0.25, -0.2) is 8.42 Å². The molecule has 2 rings (SSSR count). The maximum absolute atomic E-state index is 12.3. The van der Waals surface area contributed by atoms with Crippen LogP contribution in [0.15, 0.2) is 34.5 Å². The summed E-state index contributed by atoms with van der Waals surface area (Å²) in [6.07, 6.45) is 0. The lowest BCUT2D eigenvalue weighted by molar-refractivity contribution is 0.600. The number of sulfonamides is 1. The Hall–Kier alpha value is -1.37. The first-order valence-corrected chi connectivity index (χ1v) is 8.17. The topological polar surface area (TPSA) is 72.2 Å². The van der Waals surface area contributed by atoms with Crippen molar-refractivity contribution >= 4 is 27.0 Å². The molecule has 6 heteroatoms. The second kappa shape index (κ2) is 5.32. The smallest absolute Gasteiger partial charge is 0.263 e. The zero-order valence-electron chi connectivity index (χ0n) is 10.8. The summed E-state index contributed by atoms with van der Waals surface area (Å²) in [4.78, 5) is 0.928. The molecule has 0 aliphatic rings. The van der Waals surface area contributed by atoms with Crippen molar-refractivity contribution in [2.24, 2.45) is 5.73 Å². The Morgan fingerprint density at radius 3 is 2.63 bits per heavy atom. The summed E-state index contributed by atoms with van der Waals surface area (Å²) in [6, 6.07) is 7.17. The Kier molecular flexibility index (Phi) is 3.93. The fraction of sp³-hybridized carbons (Fsp3) is 0.231. The third-order valence-corrected chi connectivity index (χ3v) is 5.33. The SMILES string of the molecule is Cc1ccc(NS(=O)(=O)c2ccsc2CN)c(C)c1. The molecule has 0 radical (unpaired) electrons. The number of anilines is 1. The molecule has 4 nitrogen and oxygen atoms in total. The van der Waals surface area contributed by atoms with Crippen molar-refractivity contribution in [2.45, 2.75) is 25.3 Å². The summed E-state index contributed by atoms with van der Waals surface area (Å²) in [6.45, 7) is 4.07. The highest BCUT2D eigenvalue weighted by atomic mass is 32.2. The summed E-state index contributed by atoms with van der Waals surface area (Å²) in [7, 11) is -3.57. The first-order valence-electron chi connectivity index (χ1n) is 5.80. The summed E-state index contributed by atoms with van der Waals surface area (Å²) in [5.41, 5.74) is 8.14. The van der Waals surface area contributed by atoms with E-state index < -0.39 is 10.0 Å². The first kappa shape index (κ1) is 14.0. The van der Waals surface area contributed by atoms with E-state index in [1.165, 1.54) is 11.3 Å². The largest absolute Gasteiger partial charge is 0.326 e. The summed E-state index contributed by atoms with van der Waals surface area (Å²) in [5, 5.41) is 1.73. The van der Waals surface area contributed by atoms with Gasteiger partial charge in [-0.15, -0.1) is 11.3 Å². The van der Waals surface area contributed by atoms with Gasteiger partial charge in [0.2, 0.25) is 0 Å². The molecule has 0 fully saturated rings. The fourth-order valence-corrected chi connectivity index (χ4v) is 4.31. The molecule has 1 aromatic carbocycles. The van der Waals surface area contributed by atoms with Crippen LogP contribution in [-0.2, 0) is 16.6 Å². The van der Waals surface area contributed by atoms with E-state index in [9.17, 15) is 8.42 Å². The van der Waals surface area contributed by atoms with Crippen LogP contribution < -0.4 is 10.5 Å². The molecule has 102 valence electrons. The van der Waals surface area contributed by atoms with Gasteiger partial charge in [-0.05, 0) is 36.9 Å². The predicted molar refractivity (Wildman–Crippen MR) is 78.9 cm³/mol. The molecule has 0 amide bonds. The number of hydrogen-bond acceptors (Lipinski definition) is 4. The Balaban J connectivity index is 2.37. The van der Waals surface area contributed by atoms with Gasteiger partial charge in [0.15, 0.2) is 0 Å². The van der Waals surface area contributed by atoms with Gasteiger partial charge in [0.05, 0.1) is 5.69 Å². The first-order chi connectivity index (χ1) is 8.94. The molecule has 1 heterocycles. The third-order valence-electron chi connectivity index (χ3n) is 2.81. The highest BCUT2D eigenvalue weighted by Gasteiger charge is 2.19. The fourth-order valence-electron chi connectivity index (χ4n) is 1.84. The van der Waals surface area contributed by atoms with Gasteiger partial charge in [0.1, 0.15) is 4.90 Å². The Bertz CT molecular complexity index is 690. The van der Waals surface area contributed by atoms with E-state index in [1.54, 1.807) is 17.5 Å². The Morgan fingerprint density at radius 1 is 1.26 bits per heavy atom.